The molecule has 156 valence electrons. The van der Waals surface area contributed by atoms with Gasteiger partial charge in [-0.15, -0.1) is 10.2 Å². The maximum absolute atomic E-state index is 13.2. The molecule has 0 saturated carbocycles. The van der Waals surface area contributed by atoms with Crippen LogP contribution in [-0.4, -0.2) is 33.1 Å². The lowest BCUT2D eigenvalue weighted by Crippen LogP contribution is -2.41. The summed E-state index contributed by atoms with van der Waals surface area (Å²) in [6, 6.07) is 13.0. The zero-order valence-electron chi connectivity index (χ0n) is 16.6. The number of ether oxygens (including phenoxy) is 1. The van der Waals surface area contributed by atoms with Crippen LogP contribution in [0.25, 0.3) is 0 Å². The van der Waals surface area contributed by atoms with Crippen molar-refractivity contribution in [1.29, 1.82) is 0 Å². The predicted molar refractivity (Wildman–Crippen MR) is 114 cm³/mol. The number of amides is 1. The van der Waals surface area contributed by atoms with Gasteiger partial charge in [0.1, 0.15) is 16.8 Å². The first-order chi connectivity index (χ1) is 14.6. The number of thioether (sulfide) groups is 1. The summed E-state index contributed by atoms with van der Waals surface area (Å²) in [6.07, 6.45) is 1.72. The van der Waals surface area contributed by atoms with E-state index in [1.165, 1.54) is 23.9 Å². The highest BCUT2D eigenvalue weighted by atomic mass is 32.2. The topological polar surface area (TPSA) is 81.1 Å². The van der Waals surface area contributed by atoms with Crippen molar-refractivity contribution >= 4 is 23.4 Å². The lowest BCUT2D eigenvalue weighted by Gasteiger charge is -2.33. The van der Waals surface area contributed by atoms with Gasteiger partial charge in [0, 0.05) is 12.1 Å². The van der Waals surface area contributed by atoms with Crippen molar-refractivity contribution < 1.29 is 13.9 Å². The van der Waals surface area contributed by atoms with Crippen molar-refractivity contribution in [2.75, 3.05) is 17.9 Å². The summed E-state index contributed by atoms with van der Waals surface area (Å²) >= 11 is 1.36. The minimum Gasteiger partial charge on any atom is -0.497 e. The number of fused-ring (bicyclic) bond motifs is 1. The number of benzene rings is 2. The second-order valence-corrected chi connectivity index (χ2v) is 8.01. The first kappa shape index (κ1) is 20.2. The molecule has 7 nitrogen and oxygen atoms in total. The Kier molecular flexibility index (Phi) is 5.89. The first-order valence-corrected chi connectivity index (χ1v) is 10.5. The van der Waals surface area contributed by atoms with Crippen molar-refractivity contribution in [1.82, 2.24) is 14.9 Å². The number of hydrogen-bond donors (Lipinski definition) is 2. The van der Waals surface area contributed by atoms with Gasteiger partial charge in [-0.2, -0.15) is 0 Å². The average Bonchev–Trinajstić information content (AvgIpc) is 3.16. The van der Waals surface area contributed by atoms with Crippen LogP contribution in [0.2, 0.25) is 0 Å². The smallest absolute Gasteiger partial charge is 0.240 e. The fourth-order valence-corrected chi connectivity index (χ4v) is 4.39. The first-order valence-electron chi connectivity index (χ1n) is 9.67. The van der Waals surface area contributed by atoms with Crippen LogP contribution in [0.4, 0.5) is 10.1 Å². The maximum atomic E-state index is 13.2. The number of halogens is 1. The second kappa shape index (κ2) is 8.74. The molecule has 0 radical (unpaired) electrons. The van der Waals surface area contributed by atoms with Crippen LogP contribution in [0.15, 0.2) is 53.7 Å². The number of anilines is 1. The van der Waals surface area contributed by atoms with Crippen molar-refractivity contribution in [3.63, 3.8) is 0 Å². The molecular formula is C21H22FN5O2S. The molecule has 2 N–H and O–H groups in total. The standard InChI is InChI=1S/C21H22FN5O2S/c1-3-4-17-24-25-21-27(17)26-18(13-5-11-16(29-2)12-6-13)19(30-21)20(28)23-15-9-7-14(22)8-10-15/h5-12,18-19,26H,3-4H2,1-2H3,(H,23,28)/t18-,19+/m1/s1. The third-order valence-electron chi connectivity index (χ3n) is 4.82. The van der Waals surface area contributed by atoms with Gasteiger partial charge in [0.15, 0.2) is 5.82 Å². The Balaban J connectivity index is 1.65. The summed E-state index contributed by atoms with van der Waals surface area (Å²) in [6.45, 7) is 2.08. The zero-order chi connectivity index (χ0) is 21.1. The van der Waals surface area contributed by atoms with Crippen LogP contribution in [0.5, 0.6) is 5.75 Å². The van der Waals surface area contributed by atoms with E-state index in [-0.39, 0.29) is 17.8 Å². The number of carbonyl (C=O) groups is 1. The van der Waals surface area contributed by atoms with E-state index in [9.17, 15) is 9.18 Å². The van der Waals surface area contributed by atoms with Crippen LogP contribution in [0, 0.1) is 5.82 Å². The summed E-state index contributed by atoms with van der Waals surface area (Å²) in [4.78, 5) is 13.2. The van der Waals surface area contributed by atoms with Crippen LogP contribution in [0.3, 0.4) is 0 Å². The van der Waals surface area contributed by atoms with Gasteiger partial charge < -0.3 is 15.5 Å². The fourth-order valence-electron chi connectivity index (χ4n) is 3.29. The predicted octanol–water partition coefficient (Wildman–Crippen LogP) is 3.78. The maximum Gasteiger partial charge on any atom is 0.240 e. The summed E-state index contributed by atoms with van der Waals surface area (Å²) in [5.41, 5.74) is 4.89. The summed E-state index contributed by atoms with van der Waals surface area (Å²) in [7, 11) is 1.61. The highest BCUT2D eigenvalue weighted by molar-refractivity contribution is 8.00. The van der Waals surface area contributed by atoms with E-state index in [2.05, 4.69) is 27.9 Å². The average molecular weight is 428 g/mol. The number of nitrogens with one attached hydrogen (secondary N) is 2. The van der Waals surface area contributed by atoms with Crippen LogP contribution >= 0.6 is 11.8 Å². The highest BCUT2D eigenvalue weighted by Crippen LogP contribution is 2.38. The summed E-state index contributed by atoms with van der Waals surface area (Å²) in [5, 5.41) is 11.5. The normalized spacial score (nSPS) is 17.7. The molecule has 0 aliphatic carbocycles. The van der Waals surface area contributed by atoms with E-state index in [1.807, 2.05) is 28.9 Å². The van der Waals surface area contributed by atoms with E-state index < -0.39 is 5.25 Å². The minimum absolute atomic E-state index is 0.203. The Morgan fingerprint density at radius 2 is 1.93 bits per heavy atom. The quantitative estimate of drug-likeness (QED) is 0.623. The van der Waals surface area contributed by atoms with Crippen LogP contribution < -0.4 is 15.5 Å². The third-order valence-corrected chi connectivity index (χ3v) is 6.04. The largest absolute Gasteiger partial charge is 0.497 e. The molecule has 1 aliphatic heterocycles. The molecule has 2 aromatic carbocycles. The molecule has 1 amide bonds. The lowest BCUT2D eigenvalue weighted by atomic mass is 10.0. The van der Waals surface area contributed by atoms with Gasteiger partial charge in [-0.05, 0) is 48.4 Å². The van der Waals surface area contributed by atoms with E-state index >= 15 is 0 Å². The number of aryl methyl sites for hydroxylation is 1. The van der Waals surface area contributed by atoms with Crippen LogP contribution in [0.1, 0.15) is 30.8 Å². The molecule has 0 unspecified atom stereocenters. The molecule has 2 atom stereocenters. The van der Waals surface area contributed by atoms with E-state index in [0.29, 0.717) is 10.8 Å². The zero-order valence-corrected chi connectivity index (χ0v) is 17.4. The van der Waals surface area contributed by atoms with Gasteiger partial charge in [-0.3, -0.25) is 4.79 Å². The number of aromatic nitrogens is 3. The second-order valence-electron chi connectivity index (χ2n) is 6.90. The molecule has 1 aromatic heterocycles. The molecule has 9 heteroatoms. The van der Waals surface area contributed by atoms with Crippen molar-refractivity contribution in [3.8, 4) is 5.75 Å². The fraction of sp³-hybridized carbons (Fsp3) is 0.286. The monoisotopic (exact) mass is 427 g/mol. The number of rotatable bonds is 6. The minimum atomic E-state index is -0.505. The molecule has 1 aliphatic rings. The Bertz CT molecular complexity index is 1020. The summed E-state index contributed by atoms with van der Waals surface area (Å²) < 4.78 is 20.3. The molecule has 0 saturated heterocycles. The van der Waals surface area contributed by atoms with Gasteiger partial charge in [-0.1, -0.05) is 30.8 Å². The van der Waals surface area contributed by atoms with Gasteiger partial charge >= 0.3 is 0 Å². The SMILES string of the molecule is CCCc1nnc2n1N[C@H](c1ccc(OC)cc1)[C@@H](C(=O)Nc1ccc(F)cc1)S2. The Morgan fingerprint density at radius 3 is 2.60 bits per heavy atom. The third kappa shape index (κ3) is 4.11. The molecule has 2 heterocycles. The molecule has 0 fully saturated rings. The van der Waals surface area contributed by atoms with Crippen molar-refractivity contribution in [2.45, 2.75) is 36.2 Å². The Labute approximate surface area is 178 Å². The van der Waals surface area contributed by atoms with E-state index in [4.69, 9.17) is 4.74 Å². The molecule has 30 heavy (non-hydrogen) atoms. The van der Waals surface area contributed by atoms with Gasteiger partial charge in [0.05, 0.1) is 13.2 Å². The molecule has 3 aromatic rings. The highest BCUT2D eigenvalue weighted by Gasteiger charge is 2.37. The van der Waals surface area contributed by atoms with Crippen molar-refractivity contribution in [2.24, 2.45) is 0 Å². The Hall–Kier alpha value is -3.07. The lowest BCUT2D eigenvalue weighted by molar-refractivity contribution is -0.116. The molecule has 0 bridgehead atoms. The van der Waals surface area contributed by atoms with Crippen molar-refractivity contribution in [3.05, 3.63) is 65.7 Å². The van der Waals surface area contributed by atoms with Crippen LogP contribution in [-0.2, 0) is 11.2 Å². The Morgan fingerprint density at radius 1 is 1.20 bits per heavy atom. The number of nitrogens with zero attached hydrogens (tertiary/aromatic N) is 3. The van der Waals surface area contributed by atoms with Gasteiger partial charge in [-0.25, -0.2) is 9.07 Å². The summed E-state index contributed by atoms with van der Waals surface area (Å²) in [5.74, 6) is 1.02. The molecule has 0 spiro atoms. The number of carbonyl (C=O) groups excluding carboxylic acids is 1. The van der Waals surface area contributed by atoms with Gasteiger partial charge in [0.25, 0.3) is 0 Å². The molecule has 4 rings (SSSR count). The number of methoxy groups -OCH3 is 1. The van der Waals surface area contributed by atoms with E-state index in [0.717, 1.165) is 30.0 Å². The molecular weight excluding hydrogens is 405 g/mol. The number of hydrogen-bond acceptors (Lipinski definition) is 6. The van der Waals surface area contributed by atoms with E-state index in [1.54, 1.807) is 19.2 Å². The van der Waals surface area contributed by atoms with Gasteiger partial charge in [0.2, 0.25) is 11.1 Å².